The first-order valence-corrected chi connectivity index (χ1v) is 5.79. The zero-order chi connectivity index (χ0) is 13.3. The predicted octanol–water partition coefficient (Wildman–Crippen LogP) is 5.05. The number of rotatable bonds is 1. The summed E-state index contributed by atoms with van der Waals surface area (Å²) in [5.74, 6) is -0.420. The summed E-state index contributed by atoms with van der Waals surface area (Å²) < 4.78 is 13.8. The van der Waals surface area contributed by atoms with Gasteiger partial charge >= 0.3 is 0 Å². The van der Waals surface area contributed by atoms with Crippen molar-refractivity contribution >= 4 is 28.9 Å². The van der Waals surface area contributed by atoms with Crippen molar-refractivity contribution in [1.82, 2.24) is 4.98 Å². The van der Waals surface area contributed by atoms with Gasteiger partial charge in [0, 0.05) is 5.56 Å². The van der Waals surface area contributed by atoms with Crippen LogP contribution in [0.2, 0.25) is 10.2 Å². The van der Waals surface area contributed by atoms with E-state index in [4.69, 9.17) is 29.8 Å². The zero-order valence-electron chi connectivity index (χ0n) is 9.34. The summed E-state index contributed by atoms with van der Waals surface area (Å²) in [7, 11) is 0. The lowest BCUT2D eigenvalue weighted by atomic mass is 10.0. The minimum atomic E-state index is -0.420. The normalized spacial score (nSPS) is 10.2. The van der Waals surface area contributed by atoms with Crippen LogP contribution in [0.1, 0.15) is 5.56 Å². The van der Waals surface area contributed by atoms with Crippen molar-refractivity contribution in [3.05, 3.63) is 57.2 Å². The van der Waals surface area contributed by atoms with E-state index in [0.717, 1.165) is 0 Å². The molecule has 0 unspecified atom stereocenters. The molecule has 0 bridgehead atoms. The maximum absolute atomic E-state index is 13.8. The van der Waals surface area contributed by atoms with Crippen molar-refractivity contribution < 1.29 is 4.39 Å². The Labute approximate surface area is 114 Å². The van der Waals surface area contributed by atoms with Gasteiger partial charge in [0.25, 0.3) is 0 Å². The highest BCUT2D eigenvalue weighted by Gasteiger charge is 2.16. The van der Waals surface area contributed by atoms with E-state index >= 15 is 0 Å². The third kappa shape index (κ3) is 2.17. The molecule has 0 spiro atoms. The molecule has 0 radical (unpaired) electrons. The second kappa shape index (κ2) is 4.93. The Balaban J connectivity index is 2.73. The standard InChI is InChI=1S/C13H7Cl2FN2/c1-7-4-3-5-9(16)11(7)12-8(14)6-10(17-2)13(15)18-12/h3-6H,1H3. The van der Waals surface area contributed by atoms with E-state index in [2.05, 4.69) is 9.83 Å². The number of benzene rings is 1. The molecule has 1 aromatic heterocycles. The average molecular weight is 281 g/mol. The fourth-order valence-corrected chi connectivity index (χ4v) is 2.06. The molecule has 90 valence electrons. The SMILES string of the molecule is [C-]#[N+]c1cc(Cl)c(-c2c(C)cccc2F)nc1Cl. The first kappa shape index (κ1) is 12.8. The molecule has 0 N–H and O–H groups in total. The van der Waals surface area contributed by atoms with Crippen molar-refractivity contribution in [2.24, 2.45) is 0 Å². The summed E-state index contributed by atoms with van der Waals surface area (Å²) >= 11 is 11.9. The molecule has 2 aromatic rings. The molecule has 18 heavy (non-hydrogen) atoms. The number of nitrogens with zero attached hydrogens (tertiary/aromatic N) is 2. The van der Waals surface area contributed by atoms with Gasteiger partial charge in [-0.25, -0.2) is 14.2 Å². The Bertz CT molecular complexity index is 643. The van der Waals surface area contributed by atoms with Crippen LogP contribution in [0.15, 0.2) is 24.3 Å². The highest BCUT2D eigenvalue weighted by atomic mass is 35.5. The molecule has 2 rings (SSSR count). The van der Waals surface area contributed by atoms with Gasteiger partial charge < -0.3 is 0 Å². The molecule has 0 saturated heterocycles. The largest absolute Gasteiger partial charge is 0.246 e. The van der Waals surface area contributed by atoms with Gasteiger partial charge in [-0.3, -0.25) is 0 Å². The summed E-state index contributed by atoms with van der Waals surface area (Å²) in [6.45, 7) is 8.67. The van der Waals surface area contributed by atoms with E-state index in [1.54, 1.807) is 19.1 Å². The molecule has 1 aromatic carbocycles. The second-order valence-electron chi connectivity index (χ2n) is 3.67. The van der Waals surface area contributed by atoms with E-state index in [1.807, 2.05) is 0 Å². The highest BCUT2D eigenvalue weighted by Crippen LogP contribution is 2.36. The predicted molar refractivity (Wildman–Crippen MR) is 70.7 cm³/mol. The molecular formula is C13H7Cl2FN2. The van der Waals surface area contributed by atoms with E-state index < -0.39 is 5.82 Å². The van der Waals surface area contributed by atoms with Crippen LogP contribution in [0.3, 0.4) is 0 Å². The topological polar surface area (TPSA) is 17.2 Å². The summed E-state index contributed by atoms with van der Waals surface area (Å²) in [5.41, 5.74) is 1.42. The molecule has 2 nitrogen and oxygen atoms in total. The smallest absolute Gasteiger partial charge is 0.225 e. The fourth-order valence-electron chi connectivity index (χ4n) is 1.64. The van der Waals surface area contributed by atoms with Gasteiger partial charge in [-0.05, 0) is 24.6 Å². The van der Waals surface area contributed by atoms with E-state index in [1.165, 1.54) is 12.1 Å². The van der Waals surface area contributed by atoms with Gasteiger partial charge in [0.1, 0.15) is 11.0 Å². The van der Waals surface area contributed by atoms with Crippen molar-refractivity contribution in [3.63, 3.8) is 0 Å². The van der Waals surface area contributed by atoms with Crippen molar-refractivity contribution in [3.8, 4) is 11.3 Å². The maximum Gasteiger partial charge on any atom is 0.225 e. The summed E-state index contributed by atoms with van der Waals surface area (Å²) in [4.78, 5) is 7.20. The molecular weight excluding hydrogens is 274 g/mol. The van der Waals surface area contributed by atoms with E-state index in [0.29, 0.717) is 11.1 Å². The van der Waals surface area contributed by atoms with Crippen LogP contribution in [0.25, 0.3) is 16.1 Å². The van der Waals surface area contributed by atoms with Gasteiger partial charge in [0.05, 0.1) is 17.3 Å². The number of hydrogen-bond donors (Lipinski definition) is 0. The first-order chi connectivity index (χ1) is 8.54. The van der Waals surface area contributed by atoms with Crippen LogP contribution < -0.4 is 0 Å². The first-order valence-electron chi connectivity index (χ1n) is 5.03. The van der Waals surface area contributed by atoms with E-state index in [9.17, 15) is 4.39 Å². The molecule has 0 fully saturated rings. The number of aryl methyl sites for hydroxylation is 1. The monoisotopic (exact) mass is 280 g/mol. The molecule has 0 saturated carbocycles. The van der Waals surface area contributed by atoms with Crippen LogP contribution >= 0.6 is 23.2 Å². The van der Waals surface area contributed by atoms with Crippen molar-refractivity contribution in [2.75, 3.05) is 0 Å². The molecule has 5 heteroatoms. The van der Waals surface area contributed by atoms with Crippen LogP contribution in [0.5, 0.6) is 0 Å². The third-order valence-corrected chi connectivity index (χ3v) is 3.06. The van der Waals surface area contributed by atoms with Gasteiger partial charge in [-0.2, -0.15) is 0 Å². The van der Waals surface area contributed by atoms with Crippen molar-refractivity contribution in [2.45, 2.75) is 6.92 Å². The van der Waals surface area contributed by atoms with Crippen LogP contribution in [0.4, 0.5) is 10.1 Å². The molecule has 0 aliphatic heterocycles. The summed E-state index contributed by atoms with van der Waals surface area (Å²) in [6.07, 6.45) is 0. The van der Waals surface area contributed by atoms with Gasteiger partial charge in [0.2, 0.25) is 5.69 Å². The molecule has 0 amide bonds. The number of pyridine rings is 1. The number of halogens is 3. The Morgan fingerprint density at radius 2 is 2.06 bits per heavy atom. The minimum absolute atomic E-state index is 0.0204. The van der Waals surface area contributed by atoms with E-state index in [-0.39, 0.29) is 21.6 Å². The summed E-state index contributed by atoms with van der Waals surface area (Å²) in [5, 5.41) is 0.227. The Kier molecular flexibility index (Phi) is 3.51. The minimum Gasteiger partial charge on any atom is -0.246 e. The lowest BCUT2D eigenvalue weighted by Crippen LogP contribution is -1.93. The van der Waals surface area contributed by atoms with Crippen LogP contribution in [-0.2, 0) is 0 Å². The molecule has 0 aliphatic rings. The Hall–Kier alpha value is -1.63. The highest BCUT2D eigenvalue weighted by molar-refractivity contribution is 6.36. The van der Waals surface area contributed by atoms with Crippen molar-refractivity contribution in [1.29, 1.82) is 0 Å². The lowest BCUT2D eigenvalue weighted by Gasteiger charge is -2.09. The summed E-state index contributed by atoms with van der Waals surface area (Å²) in [6, 6.07) is 6.09. The quantitative estimate of drug-likeness (QED) is 0.528. The maximum atomic E-state index is 13.8. The van der Waals surface area contributed by atoms with Gasteiger partial charge in [0.15, 0.2) is 0 Å². The van der Waals surface area contributed by atoms with Gasteiger partial charge in [-0.1, -0.05) is 35.3 Å². The third-order valence-electron chi connectivity index (χ3n) is 2.49. The average Bonchev–Trinajstić information content (AvgIpc) is 2.32. The Morgan fingerprint density at radius 3 is 2.67 bits per heavy atom. The van der Waals surface area contributed by atoms with Crippen LogP contribution in [0, 0.1) is 19.3 Å². The van der Waals surface area contributed by atoms with Gasteiger partial charge in [-0.15, -0.1) is 0 Å². The molecule has 0 aliphatic carbocycles. The second-order valence-corrected chi connectivity index (χ2v) is 4.44. The molecule has 0 atom stereocenters. The van der Waals surface area contributed by atoms with Crippen LogP contribution in [-0.4, -0.2) is 4.98 Å². The lowest BCUT2D eigenvalue weighted by molar-refractivity contribution is 0.629. The number of aromatic nitrogens is 1. The zero-order valence-corrected chi connectivity index (χ0v) is 10.8. The Morgan fingerprint density at radius 1 is 1.33 bits per heavy atom. The molecule has 1 heterocycles. The fraction of sp³-hybridized carbons (Fsp3) is 0.0769. The number of hydrogen-bond acceptors (Lipinski definition) is 1.